The number of rotatable bonds is 6. The minimum Gasteiger partial charge on any atom is -0.431 e. The van der Waals surface area contributed by atoms with E-state index in [-0.39, 0.29) is 17.6 Å². The molecule has 0 amide bonds. The summed E-state index contributed by atoms with van der Waals surface area (Å²) >= 11 is 0. The van der Waals surface area contributed by atoms with Gasteiger partial charge in [0.2, 0.25) is 0 Å². The predicted octanol–water partition coefficient (Wildman–Crippen LogP) is 3.53. The third kappa shape index (κ3) is 3.89. The summed E-state index contributed by atoms with van der Waals surface area (Å²) in [5.41, 5.74) is 8.26. The van der Waals surface area contributed by atoms with Gasteiger partial charge in [0.15, 0.2) is 11.6 Å². The molecule has 0 radical (unpaired) electrons. The third-order valence-corrected chi connectivity index (χ3v) is 6.97. The summed E-state index contributed by atoms with van der Waals surface area (Å²) in [6, 6.07) is 4.46. The van der Waals surface area contributed by atoms with Gasteiger partial charge in [-0.3, -0.25) is 9.58 Å². The number of nitrogens with two attached hydrogens (primary N) is 1. The molecular formula is C22H29F2N5O2. The lowest BCUT2D eigenvalue weighted by Crippen LogP contribution is -2.43. The maximum Gasteiger partial charge on any atom is 0.387 e. The molecule has 2 aliphatic carbocycles. The number of morpholine rings is 1. The van der Waals surface area contributed by atoms with E-state index in [9.17, 15) is 8.78 Å². The largest absolute Gasteiger partial charge is 0.431 e. The Morgan fingerprint density at radius 1 is 1.16 bits per heavy atom. The van der Waals surface area contributed by atoms with Gasteiger partial charge in [-0.25, -0.2) is 4.98 Å². The molecule has 3 fully saturated rings. The Morgan fingerprint density at radius 3 is 2.52 bits per heavy atom. The second kappa shape index (κ2) is 8.02. The number of aromatic nitrogens is 3. The molecular weight excluding hydrogens is 404 g/mol. The molecule has 0 spiro atoms. The van der Waals surface area contributed by atoms with Crippen molar-refractivity contribution in [3.8, 4) is 17.0 Å². The molecule has 168 valence electrons. The van der Waals surface area contributed by atoms with Crippen LogP contribution in [0.15, 0.2) is 18.3 Å². The monoisotopic (exact) mass is 433 g/mol. The van der Waals surface area contributed by atoms with Crippen molar-refractivity contribution >= 4 is 5.82 Å². The summed E-state index contributed by atoms with van der Waals surface area (Å²) in [6.45, 7) is 5.03. The van der Waals surface area contributed by atoms with E-state index in [1.165, 1.54) is 24.6 Å². The Balaban J connectivity index is 1.36. The fourth-order valence-electron chi connectivity index (χ4n) is 5.49. The minimum absolute atomic E-state index is 0.0570. The quantitative estimate of drug-likeness (QED) is 0.751. The normalized spacial score (nSPS) is 28.3. The number of nitrogen functional groups attached to an aromatic ring is 1. The molecule has 0 bridgehead atoms. The highest BCUT2D eigenvalue weighted by atomic mass is 19.3. The number of alkyl halides is 2. The molecule has 3 aliphatic rings. The van der Waals surface area contributed by atoms with E-state index in [1.807, 2.05) is 0 Å². The molecule has 5 rings (SSSR count). The molecule has 9 heteroatoms. The second-order valence-corrected chi connectivity index (χ2v) is 9.11. The number of hydrogen-bond donors (Lipinski definition) is 1. The number of ether oxygens (including phenoxy) is 2. The van der Waals surface area contributed by atoms with Crippen LogP contribution in [0.1, 0.15) is 44.3 Å². The number of pyridine rings is 1. The summed E-state index contributed by atoms with van der Waals surface area (Å²) in [5, 5.41) is 4.79. The van der Waals surface area contributed by atoms with Crippen LogP contribution in [-0.2, 0) is 4.74 Å². The van der Waals surface area contributed by atoms with Crippen LogP contribution in [0.25, 0.3) is 11.3 Å². The molecule has 31 heavy (non-hydrogen) atoms. The molecule has 2 aromatic rings. The summed E-state index contributed by atoms with van der Waals surface area (Å²) in [6.07, 6.45) is 4.01. The molecule has 1 aliphatic heterocycles. The molecule has 1 saturated heterocycles. The van der Waals surface area contributed by atoms with E-state index in [1.54, 1.807) is 6.20 Å². The van der Waals surface area contributed by atoms with Crippen molar-refractivity contribution in [2.24, 2.45) is 11.8 Å². The molecule has 2 aromatic heterocycles. The van der Waals surface area contributed by atoms with E-state index >= 15 is 0 Å². The first-order chi connectivity index (χ1) is 14.9. The molecule has 2 atom stereocenters. The lowest BCUT2D eigenvalue weighted by Gasteiger charge is -2.33. The van der Waals surface area contributed by atoms with Crippen molar-refractivity contribution in [1.29, 1.82) is 0 Å². The molecule has 7 nitrogen and oxygen atoms in total. The Kier molecular flexibility index (Phi) is 5.34. The maximum absolute atomic E-state index is 12.7. The highest BCUT2D eigenvalue weighted by Crippen LogP contribution is 2.64. The van der Waals surface area contributed by atoms with Gasteiger partial charge in [-0.2, -0.15) is 13.9 Å². The van der Waals surface area contributed by atoms with Crippen LogP contribution in [0.3, 0.4) is 0 Å². The fraction of sp³-hybridized carbons (Fsp3) is 0.636. The summed E-state index contributed by atoms with van der Waals surface area (Å²) in [4.78, 5) is 6.61. The number of halogens is 2. The SMILES string of the molecule is CC(C)n1nc(-c2cnc(N)c(OC(F)F)c2)cc1C1C2CC(N3CCOCC3)CC21. The second-order valence-electron chi connectivity index (χ2n) is 9.11. The van der Waals surface area contributed by atoms with Crippen LogP contribution in [0, 0.1) is 11.8 Å². The Labute approximate surface area is 180 Å². The van der Waals surface area contributed by atoms with Gasteiger partial charge in [0.1, 0.15) is 0 Å². The van der Waals surface area contributed by atoms with Crippen LogP contribution in [0.4, 0.5) is 14.6 Å². The first-order valence-corrected chi connectivity index (χ1v) is 11.0. The van der Waals surface area contributed by atoms with Crippen molar-refractivity contribution in [2.45, 2.75) is 51.3 Å². The average Bonchev–Trinajstić information content (AvgIpc) is 3.10. The van der Waals surface area contributed by atoms with Gasteiger partial charge in [-0.1, -0.05) is 0 Å². The smallest absolute Gasteiger partial charge is 0.387 e. The van der Waals surface area contributed by atoms with Gasteiger partial charge in [0, 0.05) is 48.5 Å². The van der Waals surface area contributed by atoms with Crippen molar-refractivity contribution in [3.63, 3.8) is 0 Å². The van der Waals surface area contributed by atoms with Crippen LogP contribution in [-0.4, -0.2) is 58.6 Å². The maximum atomic E-state index is 12.7. The first-order valence-electron chi connectivity index (χ1n) is 11.0. The number of nitrogens with zero attached hydrogens (tertiary/aromatic N) is 4. The zero-order valence-corrected chi connectivity index (χ0v) is 17.9. The molecule has 2 unspecified atom stereocenters. The summed E-state index contributed by atoms with van der Waals surface area (Å²) in [7, 11) is 0. The van der Waals surface area contributed by atoms with Crippen molar-refractivity contribution in [1.82, 2.24) is 19.7 Å². The van der Waals surface area contributed by atoms with E-state index in [2.05, 4.69) is 39.2 Å². The van der Waals surface area contributed by atoms with Crippen molar-refractivity contribution in [2.75, 3.05) is 32.0 Å². The number of hydrogen-bond acceptors (Lipinski definition) is 6. The topological polar surface area (TPSA) is 78.4 Å². The molecule has 0 aromatic carbocycles. The zero-order valence-electron chi connectivity index (χ0n) is 17.9. The molecule has 2 saturated carbocycles. The summed E-state index contributed by atoms with van der Waals surface area (Å²) < 4.78 is 37.5. The van der Waals surface area contributed by atoms with Crippen LogP contribution >= 0.6 is 0 Å². The fourth-order valence-corrected chi connectivity index (χ4v) is 5.49. The van der Waals surface area contributed by atoms with Gasteiger partial charge >= 0.3 is 6.61 Å². The van der Waals surface area contributed by atoms with E-state index in [0.717, 1.165) is 26.3 Å². The third-order valence-electron chi connectivity index (χ3n) is 6.97. The Morgan fingerprint density at radius 2 is 1.87 bits per heavy atom. The van der Waals surface area contributed by atoms with Crippen LogP contribution < -0.4 is 10.5 Å². The van der Waals surface area contributed by atoms with Gasteiger partial charge in [-0.05, 0) is 50.7 Å². The molecule has 3 heterocycles. The van der Waals surface area contributed by atoms with E-state index in [4.69, 9.17) is 15.6 Å². The van der Waals surface area contributed by atoms with Gasteiger partial charge in [0.05, 0.1) is 18.9 Å². The van der Waals surface area contributed by atoms with Crippen LogP contribution in [0.5, 0.6) is 5.75 Å². The number of fused-ring (bicyclic) bond motifs is 1. The molecule has 2 N–H and O–H groups in total. The predicted molar refractivity (Wildman–Crippen MR) is 112 cm³/mol. The van der Waals surface area contributed by atoms with Crippen LogP contribution in [0.2, 0.25) is 0 Å². The number of anilines is 1. The van der Waals surface area contributed by atoms with Gasteiger partial charge in [-0.15, -0.1) is 0 Å². The highest BCUT2D eigenvalue weighted by Gasteiger charge is 2.58. The zero-order chi connectivity index (χ0) is 21.7. The standard InChI is InChI=1S/C22H29F2N5O2/c1-12(2)29-18(20-15-8-14(9-16(15)20)28-3-5-30-6-4-28)10-17(27-29)13-7-19(31-22(23)24)21(25)26-11-13/h7,10-12,14-16,20,22H,3-6,8-9H2,1-2H3,(H2,25,26). The first kappa shape index (κ1) is 20.6. The lowest BCUT2D eigenvalue weighted by atomic mass is 10.0. The van der Waals surface area contributed by atoms with E-state index in [0.29, 0.717) is 35.1 Å². The summed E-state index contributed by atoms with van der Waals surface area (Å²) in [5.74, 6) is 1.72. The lowest BCUT2D eigenvalue weighted by molar-refractivity contribution is -0.0494. The Hall–Kier alpha value is -2.26. The van der Waals surface area contributed by atoms with Gasteiger partial charge in [0.25, 0.3) is 0 Å². The van der Waals surface area contributed by atoms with E-state index < -0.39 is 6.61 Å². The van der Waals surface area contributed by atoms with Crippen molar-refractivity contribution in [3.05, 3.63) is 24.0 Å². The average molecular weight is 434 g/mol. The highest BCUT2D eigenvalue weighted by molar-refractivity contribution is 5.64. The minimum atomic E-state index is -2.95. The van der Waals surface area contributed by atoms with Gasteiger partial charge < -0.3 is 15.2 Å². The Bertz CT molecular complexity index is 932. The van der Waals surface area contributed by atoms with Crippen molar-refractivity contribution < 1.29 is 18.3 Å².